The van der Waals surface area contributed by atoms with Crippen LogP contribution in [0.3, 0.4) is 0 Å². The Labute approximate surface area is 41.5 Å². The van der Waals surface area contributed by atoms with Crippen LogP contribution in [-0.2, 0) is 0 Å². The molecule has 1 fully saturated rings. The van der Waals surface area contributed by atoms with Crippen LogP contribution in [0, 0.1) is 0 Å². The lowest BCUT2D eigenvalue weighted by Gasteiger charge is -2.31. The molecule has 0 aromatic carbocycles. The van der Waals surface area contributed by atoms with E-state index in [1.165, 1.54) is 0 Å². The molecule has 0 amide bonds. The molecule has 0 aliphatic carbocycles. The Bertz CT molecular complexity index is 45.5. The highest BCUT2D eigenvalue weighted by atomic mass is 28.4. The fourth-order valence-electron chi connectivity index (χ4n) is 0.750. The zero-order valence-corrected chi connectivity index (χ0v) is 6.46. The fraction of sp³-hybridized carbons (Fsp3) is 1.00. The van der Waals surface area contributed by atoms with Crippen molar-refractivity contribution < 1.29 is 0 Å². The van der Waals surface area contributed by atoms with Crippen molar-refractivity contribution in [2.75, 3.05) is 0 Å². The minimum Gasteiger partial charge on any atom is -0.341 e. The molecule has 0 aromatic rings. The summed E-state index contributed by atoms with van der Waals surface area (Å²) in [5.41, 5.74) is 0. The third-order valence-electron chi connectivity index (χ3n) is 1.00. The van der Waals surface area contributed by atoms with Gasteiger partial charge in [0, 0.05) is 0 Å². The maximum absolute atomic E-state index is 3.47. The van der Waals surface area contributed by atoms with E-state index in [-0.39, 0.29) is 0 Å². The zero-order chi connectivity index (χ0) is 4.57. The Balaban J connectivity index is 2.11. The van der Waals surface area contributed by atoms with Crippen molar-refractivity contribution in [1.29, 1.82) is 0 Å². The molecule has 36 valence electrons. The van der Waals surface area contributed by atoms with Crippen molar-refractivity contribution in [3.05, 3.63) is 0 Å². The fourth-order valence-corrected chi connectivity index (χ4v) is 6.75. The molecule has 2 nitrogen and oxygen atoms in total. The average molecular weight is 118 g/mol. The predicted octanol–water partition coefficient (Wildman–Crippen LogP) is -1.12. The third kappa shape index (κ3) is 0.702. The van der Waals surface area contributed by atoms with Gasteiger partial charge in [-0.2, -0.15) is 0 Å². The van der Waals surface area contributed by atoms with Crippen molar-refractivity contribution in [1.82, 2.24) is 9.30 Å². The van der Waals surface area contributed by atoms with E-state index in [4.69, 9.17) is 0 Å². The normalized spacial score (nSPS) is 45.0. The van der Waals surface area contributed by atoms with Gasteiger partial charge in [-0.15, -0.1) is 0 Å². The molecule has 0 bridgehead atoms. The molecule has 6 heavy (non-hydrogen) atoms. The smallest absolute Gasteiger partial charge is 0.169 e. The van der Waals surface area contributed by atoms with Crippen LogP contribution in [0.4, 0.5) is 0 Å². The lowest BCUT2D eigenvalue weighted by Crippen LogP contribution is -2.71. The van der Waals surface area contributed by atoms with Crippen molar-refractivity contribution >= 4 is 18.2 Å². The molecule has 1 heterocycles. The maximum atomic E-state index is 3.47. The first kappa shape index (κ1) is 4.51. The van der Waals surface area contributed by atoms with Crippen LogP contribution in [0.5, 0.6) is 0 Å². The summed E-state index contributed by atoms with van der Waals surface area (Å²) in [7, 11) is -0.931. The Morgan fingerprint density at radius 3 is 1.33 bits per heavy atom. The lowest BCUT2D eigenvalue weighted by atomic mass is 11.9. The molecule has 0 atom stereocenters. The van der Waals surface area contributed by atoms with Gasteiger partial charge in [-0.1, -0.05) is 0 Å². The molecule has 1 rings (SSSR count). The van der Waals surface area contributed by atoms with Crippen LogP contribution in [0.2, 0.25) is 13.1 Å². The maximum Gasteiger partial charge on any atom is 0.169 e. The minimum absolute atomic E-state index is 0.465. The van der Waals surface area contributed by atoms with Gasteiger partial charge in [0.25, 0.3) is 0 Å². The summed E-state index contributed by atoms with van der Waals surface area (Å²) in [6, 6.07) is 0. The molecule has 2 N–H and O–H groups in total. The van der Waals surface area contributed by atoms with Gasteiger partial charge in [-0.25, -0.2) is 0 Å². The van der Waals surface area contributed by atoms with Crippen LogP contribution in [0.25, 0.3) is 0 Å². The molecule has 1 aliphatic heterocycles. The van der Waals surface area contributed by atoms with Gasteiger partial charge < -0.3 is 9.30 Å². The molecule has 1 saturated heterocycles. The van der Waals surface area contributed by atoms with Crippen molar-refractivity contribution in [3.63, 3.8) is 0 Å². The second kappa shape index (κ2) is 1.45. The number of rotatable bonds is 0. The van der Waals surface area contributed by atoms with Gasteiger partial charge in [0.2, 0.25) is 0 Å². The Hall–Kier alpha value is 0.354. The second-order valence-electron chi connectivity index (χ2n) is 1.78. The van der Waals surface area contributed by atoms with Crippen LogP contribution in [0.1, 0.15) is 0 Å². The van der Waals surface area contributed by atoms with E-state index >= 15 is 0 Å². The van der Waals surface area contributed by atoms with Crippen LogP contribution in [-0.4, -0.2) is 18.2 Å². The Kier molecular flexibility index (Phi) is 1.09. The minimum atomic E-state index is -0.465. The molecule has 0 unspecified atom stereocenters. The first-order chi connectivity index (χ1) is 2.79. The summed E-state index contributed by atoms with van der Waals surface area (Å²) in [6.07, 6.45) is 0. The molecule has 1 aliphatic rings. The van der Waals surface area contributed by atoms with Crippen molar-refractivity contribution in [2.45, 2.75) is 13.1 Å². The van der Waals surface area contributed by atoms with Gasteiger partial charge in [0.1, 0.15) is 0 Å². The van der Waals surface area contributed by atoms with Crippen molar-refractivity contribution in [2.24, 2.45) is 0 Å². The van der Waals surface area contributed by atoms with Crippen LogP contribution < -0.4 is 9.30 Å². The molecule has 0 saturated carbocycles. The molecule has 0 aromatic heterocycles. The molecular weight excluding hydrogens is 108 g/mol. The van der Waals surface area contributed by atoms with E-state index in [2.05, 4.69) is 22.4 Å². The summed E-state index contributed by atoms with van der Waals surface area (Å²) in [5, 5.41) is 0. The Morgan fingerprint density at radius 2 is 1.33 bits per heavy atom. The van der Waals surface area contributed by atoms with Gasteiger partial charge in [-0.05, 0) is 13.1 Å². The summed E-state index contributed by atoms with van der Waals surface area (Å²) >= 11 is 0. The molecule has 0 radical (unpaired) electrons. The lowest BCUT2D eigenvalue weighted by molar-refractivity contribution is 1.16. The quantitative estimate of drug-likeness (QED) is 0.394. The van der Waals surface area contributed by atoms with Crippen LogP contribution in [0.15, 0.2) is 0 Å². The number of nitrogens with one attached hydrogen (secondary N) is 2. The topological polar surface area (TPSA) is 24.1 Å². The van der Waals surface area contributed by atoms with E-state index in [9.17, 15) is 0 Å². The average Bonchev–Trinajstić information content (AvgIpc) is 1.33. The molecular formula is C2H10N2Si2. The molecule has 0 spiro atoms. The Morgan fingerprint density at radius 1 is 1.00 bits per heavy atom. The van der Waals surface area contributed by atoms with Gasteiger partial charge >= 0.3 is 0 Å². The van der Waals surface area contributed by atoms with E-state index in [0.29, 0.717) is 0 Å². The summed E-state index contributed by atoms with van der Waals surface area (Å²) in [5.74, 6) is 0. The van der Waals surface area contributed by atoms with Gasteiger partial charge in [-0.3, -0.25) is 0 Å². The van der Waals surface area contributed by atoms with E-state index < -0.39 is 18.2 Å². The highest BCUT2D eigenvalue weighted by Gasteiger charge is 2.20. The van der Waals surface area contributed by atoms with Gasteiger partial charge in [0.05, 0.1) is 0 Å². The first-order valence-electron chi connectivity index (χ1n) is 2.31. The van der Waals surface area contributed by atoms with Crippen LogP contribution >= 0.6 is 0 Å². The number of hydrogen-bond acceptors (Lipinski definition) is 2. The van der Waals surface area contributed by atoms with Crippen molar-refractivity contribution in [3.8, 4) is 0 Å². The summed E-state index contributed by atoms with van der Waals surface area (Å²) < 4.78 is 6.94. The predicted molar refractivity (Wildman–Crippen MR) is 32.3 cm³/mol. The second-order valence-corrected chi connectivity index (χ2v) is 7.33. The standard InChI is InChI=1S/C2H10N2Si2/c1-5-3-6(2)4-5/h3-6H,1-2H3. The molecule has 4 heteroatoms. The highest BCUT2D eigenvalue weighted by Crippen LogP contribution is 1.82. The van der Waals surface area contributed by atoms with E-state index in [0.717, 1.165) is 0 Å². The first-order valence-corrected chi connectivity index (χ1v) is 6.93. The number of hydrogen-bond donors (Lipinski definition) is 2. The highest BCUT2D eigenvalue weighted by molar-refractivity contribution is 6.85. The largest absolute Gasteiger partial charge is 0.341 e. The monoisotopic (exact) mass is 118 g/mol. The van der Waals surface area contributed by atoms with E-state index in [1.807, 2.05) is 0 Å². The zero-order valence-electron chi connectivity index (χ0n) is 4.15. The third-order valence-corrected chi connectivity index (χ3v) is 9.00. The summed E-state index contributed by atoms with van der Waals surface area (Å²) in [6.45, 7) is 4.54. The SMILES string of the molecule is C[SiH]1N[SiH](C)N1. The summed E-state index contributed by atoms with van der Waals surface area (Å²) in [4.78, 5) is 0. The van der Waals surface area contributed by atoms with E-state index in [1.54, 1.807) is 0 Å². The van der Waals surface area contributed by atoms with Gasteiger partial charge in [0.15, 0.2) is 18.2 Å².